The zero-order valence-electron chi connectivity index (χ0n) is 9.41. The van der Waals surface area contributed by atoms with Crippen molar-refractivity contribution in [2.75, 3.05) is 6.54 Å². The fourth-order valence-corrected chi connectivity index (χ4v) is 1.11. The van der Waals surface area contributed by atoms with Crippen molar-refractivity contribution in [1.82, 2.24) is 5.32 Å². The highest BCUT2D eigenvalue weighted by molar-refractivity contribution is 4.71. The van der Waals surface area contributed by atoms with E-state index in [2.05, 4.69) is 39.9 Å². The first-order chi connectivity index (χ1) is 5.52. The summed E-state index contributed by atoms with van der Waals surface area (Å²) in [6.45, 7) is 12.5. The molecule has 1 heteroatoms. The first-order valence-electron chi connectivity index (χ1n) is 5.25. The van der Waals surface area contributed by atoms with Crippen LogP contribution in [0.4, 0.5) is 0 Å². The average molecular weight is 171 g/mol. The molecule has 0 aliphatic heterocycles. The maximum atomic E-state index is 3.57. The fraction of sp³-hybridized carbons (Fsp3) is 1.00. The van der Waals surface area contributed by atoms with Gasteiger partial charge in [0.1, 0.15) is 0 Å². The van der Waals surface area contributed by atoms with Crippen molar-refractivity contribution in [2.24, 2.45) is 5.41 Å². The van der Waals surface area contributed by atoms with Crippen molar-refractivity contribution < 1.29 is 0 Å². The van der Waals surface area contributed by atoms with Crippen LogP contribution in [0.3, 0.4) is 0 Å². The predicted octanol–water partition coefficient (Wildman–Crippen LogP) is 3.20. The van der Waals surface area contributed by atoms with Gasteiger partial charge in [-0.1, -0.05) is 34.1 Å². The second kappa shape index (κ2) is 5.58. The van der Waals surface area contributed by atoms with Gasteiger partial charge in [0.25, 0.3) is 0 Å². The second-order valence-corrected chi connectivity index (χ2v) is 4.59. The van der Waals surface area contributed by atoms with E-state index in [9.17, 15) is 0 Å². The van der Waals surface area contributed by atoms with Crippen molar-refractivity contribution in [2.45, 2.75) is 59.9 Å². The lowest BCUT2D eigenvalue weighted by atomic mass is 9.90. The van der Waals surface area contributed by atoms with Gasteiger partial charge < -0.3 is 5.32 Å². The summed E-state index contributed by atoms with van der Waals surface area (Å²) in [7, 11) is 0. The summed E-state index contributed by atoms with van der Waals surface area (Å²) < 4.78 is 0. The largest absolute Gasteiger partial charge is 0.314 e. The van der Waals surface area contributed by atoms with Gasteiger partial charge in [-0.3, -0.25) is 0 Å². The minimum Gasteiger partial charge on any atom is -0.314 e. The van der Waals surface area contributed by atoms with Crippen LogP contribution in [0.15, 0.2) is 0 Å². The van der Waals surface area contributed by atoms with E-state index in [0.29, 0.717) is 11.5 Å². The molecule has 12 heavy (non-hydrogen) atoms. The Kier molecular flexibility index (Phi) is 5.56. The lowest BCUT2D eigenvalue weighted by molar-refractivity contribution is 0.308. The van der Waals surface area contributed by atoms with Crippen LogP contribution in [-0.4, -0.2) is 12.6 Å². The molecule has 0 aliphatic rings. The monoisotopic (exact) mass is 171 g/mol. The van der Waals surface area contributed by atoms with Gasteiger partial charge in [-0.15, -0.1) is 0 Å². The van der Waals surface area contributed by atoms with Crippen molar-refractivity contribution >= 4 is 0 Å². The average Bonchev–Trinajstić information content (AvgIpc) is 2.02. The van der Waals surface area contributed by atoms with E-state index in [-0.39, 0.29) is 0 Å². The third-order valence-electron chi connectivity index (χ3n) is 2.61. The van der Waals surface area contributed by atoms with Crippen molar-refractivity contribution in [3.63, 3.8) is 0 Å². The van der Waals surface area contributed by atoms with E-state index in [4.69, 9.17) is 0 Å². The highest BCUT2D eigenvalue weighted by Gasteiger charge is 2.15. The molecule has 1 atom stereocenters. The van der Waals surface area contributed by atoms with Crippen molar-refractivity contribution in [3.05, 3.63) is 0 Å². The molecule has 0 amide bonds. The molecule has 0 aliphatic carbocycles. The van der Waals surface area contributed by atoms with Crippen LogP contribution >= 0.6 is 0 Å². The molecule has 0 aromatic heterocycles. The first-order valence-corrected chi connectivity index (χ1v) is 5.25. The maximum Gasteiger partial charge on any atom is 0.00388 e. The van der Waals surface area contributed by atoms with Crippen LogP contribution in [-0.2, 0) is 0 Å². The van der Waals surface area contributed by atoms with Crippen LogP contribution in [0.5, 0.6) is 0 Å². The quantitative estimate of drug-likeness (QED) is 0.647. The summed E-state index contributed by atoms with van der Waals surface area (Å²) in [6.07, 6.45) is 3.82. The van der Waals surface area contributed by atoms with Crippen molar-refractivity contribution in [3.8, 4) is 0 Å². The lowest BCUT2D eigenvalue weighted by Crippen LogP contribution is -2.34. The van der Waals surface area contributed by atoms with Gasteiger partial charge in [0.15, 0.2) is 0 Å². The topological polar surface area (TPSA) is 12.0 Å². The summed E-state index contributed by atoms with van der Waals surface area (Å²) in [5, 5.41) is 3.57. The Morgan fingerprint density at radius 1 is 1.25 bits per heavy atom. The molecular weight excluding hydrogens is 146 g/mol. The van der Waals surface area contributed by atoms with E-state index in [1.807, 2.05) is 0 Å². The minimum absolute atomic E-state index is 0.460. The smallest absolute Gasteiger partial charge is 0.00388 e. The molecular formula is C11H25N. The van der Waals surface area contributed by atoms with E-state index < -0.39 is 0 Å². The SMILES string of the molecule is CCCC(C)NCC(C)(C)CC. The minimum atomic E-state index is 0.460. The molecule has 0 fully saturated rings. The number of hydrogen-bond donors (Lipinski definition) is 1. The third kappa shape index (κ3) is 5.59. The number of nitrogens with one attached hydrogen (secondary N) is 1. The van der Waals surface area contributed by atoms with Gasteiger partial charge in [-0.05, 0) is 25.2 Å². The molecule has 0 heterocycles. The number of rotatable bonds is 6. The van der Waals surface area contributed by atoms with E-state index >= 15 is 0 Å². The summed E-state index contributed by atoms with van der Waals surface area (Å²) in [4.78, 5) is 0. The predicted molar refractivity (Wildman–Crippen MR) is 56.4 cm³/mol. The van der Waals surface area contributed by atoms with E-state index in [1.54, 1.807) is 0 Å². The normalized spacial score (nSPS) is 14.8. The Labute approximate surface area is 77.9 Å². The third-order valence-corrected chi connectivity index (χ3v) is 2.61. The number of hydrogen-bond acceptors (Lipinski definition) is 1. The summed E-state index contributed by atoms with van der Waals surface area (Å²) in [5.74, 6) is 0. The van der Waals surface area contributed by atoms with Crippen LogP contribution in [0.25, 0.3) is 0 Å². The maximum absolute atomic E-state index is 3.57. The molecule has 0 bridgehead atoms. The Morgan fingerprint density at radius 2 is 1.83 bits per heavy atom. The standard InChI is InChI=1S/C11H25N/c1-6-8-10(3)12-9-11(4,5)7-2/h10,12H,6-9H2,1-5H3. The van der Waals surface area contributed by atoms with Gasteiger partial charge >= 0.3 is 0 Å². The molecule has 0 spiro atoms. The summed E-state index contributed by atoms with van der Waals surface area (Å²) in [5.41, 5.74) is 0.460. The van der Waals surface area contributed by atoms with Gasteiger partial charge in [-0.2, -0.15) is 0 Å². The van der Waals surface area contributed by atoms with E-state index in [0.717, 1.165) is 6.54 Å². The Balaban J connectivity index is 3.52. The molecule has 1 nitrogen and oxygen atoms in total. The molecule has 0 saturated heterocycles. The first kappa shape index (κ1) is 12.0. The molecule has 0 rings (SSSR count). The molecule has 0 radical (unpaired) electrons. The van der Waals surface area contributed by atoms with E-state index in [1.165, 1.54) is 19.3 Å². The van der Waals surface area contributed by atoms with Crippen LogP contribution < -0.4 is 5.32 Å². The zero-order valence-corrected chi connectivity index (χ0v) is 9.41. The summed E-state index contributed by atoms with van der Waals surface area (Å²) in [6, 6.07) is 0.681. The van der Waals surface area contributed by atoms with Gasteiger partial charge in [0.05, 0.1) is 0 Å². The zero-order chi connectivity index (χ0) is 9.61. The fourth-order valence-electron chi connectivity index (χ4n) is 1.11. The Bertz CT molecular complexity index is 108. The molecule has 1 unspecified atom stereocenters. The Hall–Kier alpha value is -0.0400. The van der Waals surface area contributed by atoms with Crippen LogP contribution in [0.1, 0.15) is 53.9 Å². The molecule has 0 aromatic carbocycles. The van der Waals surface area contributed by atoms with Crippen LogP contribution in [0, 0.1) is 5.41 Å². The van der Waals surface area contributed by atoms with Crippen molar-refractivity contribution in [1.29, 1.82) is 0 Å². The molecule has 74 valence electrons. The second-order valence-electron chi connectivity index (χ2n) is 4.59. The molecule has 0 saturated carbocycles. The van der Waals surface area contributed by atoms with Crippen LogP contribution in [0.2, 0.25) is 0 Å². The highest BCUT2D eigenvalue weighted by atomic mass is 14.9. The molecule has 1 N–H and O–H groups in total. The van der Waals surface area contributed by atoms with Gasteiger partial charge in [-0.25, -0.2) is 0 Å². The molecule has 0 aromatic rings. The highest BCUT2D eigenvalue weighted by Crippen LogP contribution is 2.18. The van der Waals surface area contributed by atoms with Gasteiger partial charge in [0.2, 0.25) is 0 Å². The Morgan fingerprint density at radius 3 is 2.25 bits per heavy atom. The van der Waals surface area contributed by atoms with Gasteiger partial charge in [0, 0.05) is 12.6 Å². The summed E-state index contributed by atoms with van der Waals surface area (Å²) >= 11 is 0. The lowest BCUT2D eigenvalue weighted by Gasteiger charge is -2.25.